The molecule has 1 aromatic rings. The normalized spacial score (nSPS) is 24.2. The van der Waals surface area contributed by atoms with E-state index in [1.54, 1.807) is 12.4 Å². The van der Waals surface area contributed by atoms with E-state index in [0.717, 1.165) is 51.4 Å². The molecule has 0 unspecified atom stereocenters. The van der Waals surface area contributed by atoms with Gasteiger partial charge < -0.3 is 15.0 Å². The molecule has 2 aliphatic rings. The number of aromatic nitrogens is 1. The van der Waals surface area contributed by atoms with Crippen LogP contribution in [0.2, 0.25) is 0 Å². The van der Waals surface area contributed by atoms with Crippen LogP contribution >= 0.6 is 0 Å². The van der Waals surface area contributed by atoms with Gasteiger partial charge in [0.25, 0.3) is 0 Å². The van der Waals surface area contributed by atoms with Crippen molar-refractivity contribution in [3.8, 4) is 0 Å². The van der Waals surface area contributed by atoms with Gasteiger partial charge in [0.2, 0.25) is 0 Å². The maximum atomic E-state index is 12.4. The SMILES string of the molecule is C[C@@H]1CN(C2CCOCC2)CCN1C(=O)Nc1cccnc1. The first kappa shape index (κ1) is 15.2. The van der Waals surface area contributed by atoms with Gasteiger partial charge in [-0.25, -0.2) is 4.79 Å². The number of ether oxygens (including phenoxy) is 1. The largest absolute Gasteiger partial charge is 0.381 e. The van der Waals surface area contributed by atoms with Crippen molar-refractivity contribution >= 4 is 11.7 Å². The van der Waals surface area contributed by atoms with Gasteiger partial charge in [-0.1, -0.05) is 0 Å². The Kier molecular flexibility index (Phi) is 4.90. The zero-order valence-electron chi connectivity index (χ0n) is 13.1. The smallest absolute Gasteiger partial charge is 0.322 e. The lowest BCUT2D eigenvalue weighted by Crippen LogP contribution is -2.58. The van der Waals surface area contributed by atoms with Crippen LogP contribution < -0.4 is 5.32 Å². The maximum absolute atomic E-state index is 12.4. The molecular weight excluding hydrogens is 280 g/mol. The molecule has 0 radical (unpaired) electrons. The molecule has 120 valence electrons. The number of anilines is 1. The molecule has 0 saturated carbocycles. The van der Waals surface area contributed by atoms with E-state index in [1.807, 2.05) is 17.0 Å². The highest BCUT2D eigenvalue weighted by molar-refractivity contribution is 5.89. The van der Waals surface area contributed by atoms with Crippen LogP contribution in [0.1, 0.15) is 19.8 Å². The fourth-order valence-electron chi connectivity index (χ4n) is 3.30. The van der Waals surface area contributed by atoms with Crippen molar-refractivity contribution in [2.75, 3.05) is 38.2 Å². The van der Waals surface area contributed by atoms with Gasteiger partial charge in [-0.05, 0) is 31.9 Å². The zero-order valence-corrected chi connectivity index (χ0v) is 13.1. The van der Waals surface area contributed by atoms with Gasteiger partial charge in [-0.3, -0.25) is 9.88 Å². The number of carbonyl (C=O) groups excluding carboxylic acids is 1. The summed E-state index contributed by atoms with van der Waals surface area (Å²) in [5.74, 6) is 0. The second kappa shape index (κ2) is 7.07. The van der Waals surface area contributed by atoms with E-state index >= 15 is 0 Å². The topological polar surface area (TPSA) is 57.7 Å². The van der Waals surface area contributed by atoms with Crippen LogP contribution in [-0.4, -0.2) is 65.7 Å². The van der Waals surface area contributed by atoms with Crippen molar-refractivity contribution in [1.29, 1.82) is 0 Å². The van der Waals surface area contributed by atoms with Gasteiger partial charge in [0.05, 0.1) is 11.9 Å². The number of urea groups is 1. The maximum Gasteiger partial charge on any atom is 0.322 e. The van der Waals surface area contributed by atoms with Gasteiger partial charge in [0, 0.05) is 51.1 Å². The first-order chi connectivity index (χ1) is 10.7. The number of amides is 2. The monoisotopic (exact) mass is 304 g/mol. The van der Waals surface area contributed by atoms with Crippen molar-refractivity contribution in [1.82, 2.24) is 14.8 Å². The first-order valence-electron chi connectivity index (χ1n) is 8.03. The minimum absolute atomic E-state index is 0.0351. The Balaban J connectivity index is 1.54. The first-order valence-corrected chi connectivity index (χ1v) is 8.03. The Morgan fingerprint density at radius 2 is 2.18 bits per heavy atom. The summed E-state index contributed by atoms with van der Waals surface area (Å²) in [4.78, 5) is 20.9. The van der Waals surface area contributed by atoms with Gasteiger partial charge in [0.1, 0.15) is 0 Å². The van der Waals surface area contributed by atoms with Gasteiger partial charge >= 0.3 is 6.03 Å². The standard InChI is InChI=1S/C16H24N4O2/c1-13-12-19(15-4-9-22-10-5-15)7-8-20(13)16(21)18-14-3-2-6-17-11-14/h2-3,6,11,13,15H,4-5,7-10,12H2,1H3,(H,18,21)/t13-/m1/s1. The molecular formula is C16H24N4O2. The zero-order chi connectivity index (χ0) is 15.4. The fraction of sp³-hybridized carbons (Fsp3) is 0.625. The van der Waals surface area contributed by atoms with Crippen LogP contribution in [-0.2, 0) is 4.74 Å². The molecule has 1 atom stereocenters. The summed E-state index contributed by atoms with van der Waals surface area (Å²) in [7, 11) is 0. The van der Waals surface area contributed by atoms with Crippen LogP contribution in [0.5, 0.6) is 0 Å². The Bertz CT molecular complexity index is 490. The van der Waals surface area contributed by atoms with Crippen LogP contribution in [0.4, 0.5) is 10.5 Å². The second-order valence-electron chi connectivity index (χ2n) is 6.05. The van der Waals surface area contributed by atoms with Crippen LogP contribution in [0.25, 0.3) is 0 Å². The van der Waals surface area contributed by atoms with E-state index in [4.69, 9.17) is 4.74 Å². The number of nitrogens with one attached hydrogen (secondary N) is 1. The molecule has 0 aromatic carbocycles. The Hall–Kier alpha value is -1.66. The molecule has 2 saturated heterocycles. The number of pyridine rings is 1. The predicted octanol–water partition coefficient (Wildman–Crippen LogP) is 1.80. The summed E-state index contributed by atoms with van der Waals surface area (Å²) >= 11 is 0. The molecule has 2 aliphatic heterocycles. The number of hydrogen-bond acceptors (Lipinski definition) is 4. The molecule has 22 heavy (non-hydrogen) atoms. The number of piperazine rings is 1. The van der Waals surface area contributed by atoms with Crippen molar-refractivity contribution in [2.24, 2.45) is 0 Å². The second-order valence-corrected chi connectivity index (χ2v) is 6.05. The van der Waals surface area contributed by atoms with E-state index < -0.39 is 0 Å². The molecule has 1 N–H and O–H groups in total. The minimum Gasteiger partial charge on any atom is -0.381 e. The highest BCUT2D eigenvalue weighted by atomic mass is 16.5. The molecule has 0 spiro atoms. The van der Waals surface area contributed by atoms with Crippen molar-refractivity contribution in [3.63, 3.8) is 0 Å². The summed E-state index contributed by atoms with van der Waals surface area (Å²) in [6.07, 6.45) is 5.58. The Labute approximate surface area is 131 Å². The Morgan fingerprint density at radius 1 is 1.36 bits per heavy atom. The van der Waals surface area contributed by atoms with E-state index in [9.17, 15) is 4.79 Å². The van der Waals surface area contributed by atoms with Gasteiger partial charge in [0.15, 0.2) is 0 Å². The summed E-state index contributed by atoms with van der Waals surface area (Å²) < 4.78 is 5.44. The lowest BCUT2D eigenvalue weighted by Gasteiger charge is -2.44. The Morgan fingerprint density at radius 3 is 2.86 bits per heavy atom. The fourth-order valence-corrected chi connectivity index (χ4v) is 3.30. The lowest BCUT2D eigenvalue weighted by molar-refractivity contribution is 0.00816. The summed E-state index contributed by atoms with van der Waals surface area (Å²) in [5.41, 5.74) is 0.742. The molecule has 2 amide bonds. The molecule has 0 bridgehead atoms. The molecule has 6 nitrogen and oxygen atoms in total. The average molecular weight is 304 g/mol. The van der Waals surface area contributed by atoms with E-state index in [-0.39, 0.29) is 12.1 Å². The molecule has 6 heteroatoms. The number of nitrogens with zero attached hydrogens (tertiary/aromatic N) is 3. The summed E-state index contributed by atoms with van der Waals surface area (Å²) in [6, 6.07) is 4.47. The van der Waals surface area contributed by atoms with Crippen molar-refractivity contribution < 1.29 is 9.53 Å². The van der Waals surface area contributed by atoms with Crippen LogP contribution in [0, 0.1) is 0 Å². The highest BCUT2D eigenvalue weighted by Gasteiger charge is 2.31. The molecule has 3 heterocycles. The quantitative estimate of drug-likeness (QED) is 0.905. The third kappa shape index (κ3) is 3.56. The van der Waals surface area contributed by atoms with Crippen molar-refractivity contribution in [2.45, 2.75) is 31.8 Å². The average Bonchev–Trinajstić information content (AvgIpc) is 2.56. The van der Waals surface area contributed by atoms with E-state index in [1.165, 1.54) is 0 Å². The third-order valence-electron chi connectivity index (χ3n) is 4.54. The van der Waals surface area contributed by atoms with Crippen LogP contribution in [0.3, 0.4) is 0 Å². The lowest BCUT2D eigenvalue weighted by atomic mass is 10.0. The van der Waals surface area contributed by atoms with Gasteiger partial charge in [-0.2, -0.15) is 0 Å². The number of carbonyl (C=O) groups is 1. The highest BCUT2D eigenvalue weighted by Crippen LogP contribution is 2.20. The van der Waals surface area contributed by atoms with Gasteiger partial charge in [-0.15, -0.1) is 0 Å². The minimum atomic E-state index is -0.0351. The molecule has 3 rings (SSSR count). The predicted molar refractivity (Wildman–Crippen MR) is 84.8 cm³/mol. The molecule has 1 aromatic heterocycles. The summed E-state index contributed by atoms with van der Waals surface area (Å²) in [5, 5.41) is 2.92. The third-order valence-corrected chi connectivity index (χ3v) is 4.54. The molecule has 0 aliphatic carbocycles. The number of rotatable bonds is 2. The molecule has 2 fully saturated rings. The van der Waals surface area contributed by atoms with Crippen LogP contribution in [0.15, 0.2) is 24.5 Å². The van der Waals surface area contributed by atoms with E-state index in [2.05, 4.69) is 22.1 Å². The van der Waals surface area contributed by atoms with E-state index in [0.29, 0.717) is 6.04 Å². The summed E-state index contributed by atoms with van der Waals surface area (Å²) in [6.45, 7) is 6.49. The number of hydrogen-bond donors (Lipinski definition) is 1. The van der Waals surface area contributed by atoms with Crippen molar-refractivity contribution in [3.05, 3.63) is 24.5 Å².